The second-order valence-electron chi connectivity index (χ2n) is 6.37. The molecule has 5 rings (SSSR count). The zero-order chi connectivity index (χ0) is 15.4. The van der Waals surface area contributed by atoms with Crippen LogP contribution in [0.2, 0.25) is 0 Å². The van der Waals surface area contributed by atoms with Gasteiger partial charge in [0.2, 0.25) is 0 Å². The van der Waals surface area contributed by atoms with Crippen molar-refractivity contribution in [3.63, 3.8) is 0 Å². The number of fused-ring (bicyclic) bond motifs is 8. The van der Waals surface area contributed by atoms with Crippen molar-refractivity contribution >= 4 is 0 Å². The van der Waals surface area contributed by atoms with Crippen molar-refractivity contribution in [3.8, 4) is 0 Å². The molecule has 0 aliphatic carbocycles. The molecule has 3 aromatic rings. The third-order valence-electron chi connectivity index (χ3n) is 5.09. The van der Waals surface area contributed by atoms with Gasteiger partial charge in [-0.3, -0.25) is 4.90 Å². The molecule has 23 heavy (non-hydrogen) atoms. The van der Waals surface area contributed by atoms with Crippen LogP contribution in [0.1, 0.15) is 39.9 Å². The summed E-state index contributed by atoms with van der Waals surface area (Å²) >= 11 is 0. The van der Waals surface area contributed by atoms with Crippen LogP contribution in [0, 0.1) is 5.82 Å². The number of hydrogen-bond donors (Lipinski definition) is 0. The van der Waals surface area contributed by atoms with Gasteiger partial charge in [-0.2, -0.15) is 0 Å². The number of hydrogen-bond acceptors (Lipinski definition) is 1. The minimum absolute atomic E-state index is 0.145. The molecule has 2 aliphatic heterocycles. The lowest BCUT2D eigenvalue weighted by Crippen LogP contribution is -2.20. The maximum absolute atomic E-state index is 13.8. The molecular weight excluding hydrogens is 285 g/mol. The first-order valence-corrected chi connectivity index (χ1v) is 8.01. The van der Waals surface area contributed by atoms with Gasteiger partial charge in [-0.15, -0.1) is 0 Å². The van der Waals surface area contributed by atoms with E-state index in [1.165, 1.54) is 22.3 Å². The second kappa shape index (κ2) is 4.77. The topological polar surface area (TPSA) is 3.24 Å². The summed E-state index contributed by atoms with van der Waals surface area (Å²) in [5.74, 6) is -0.145. The van der Waals surface area contributed by atoms with Gasteiger partial charge in [0.05, 0.1) is 12.1 Å². The minimum atomic E-state index is -0.145. The molecule has 0 fully saturated rings. The molecule has 2 unspecified atom stereocenters. The summed E-state index contributed by atoms with van der Waals surface area (Å²) in [6.45, 7) is 0.876. The molecule has 0 saturated heterocycles. The average molecular weight is 301 g/mol. The molecule has 2 atom stereocenters. The lowest BCUT2D eigenvalue weighted by molar-refractivity contribution is 0.228. The lowest BCUT2D eigenvalue weighted by atomic mass is 9.86. The van der Waals surface area contributed by atoms with E-state index < -0.39 is 0 Å². The van der Waals surface area contributed by atoms with Gasteiger partial charge in [-0.25, -0.2) is 4.39 Å². The normalized spacial score (nSPS) is 21.3. The highest BCUT2D eigenvalue weighted by Gasteiger charge is 2.47. The van der Waals surface area contributed by atoms with Crippen LogP contribution in [0.3, 0.4) is 0 Å². The van der Waals surface area contributed by atoms with E-state index in [9.17, 15) is 4.39 Å². The van der Waals surface area contributed by atoms with E-state index in [2.05, 4.69) is 53.4 Å². The third-order valence-corrected chi connectivity index (χ3v) is 5.09. The van der Waals surface area contributed by atoms with E-state index in [0.717, 1.165) is 12.1 Å². The molecule has 2 bridgehead atoms. The van der Waals surface area contributed by atoms with Gasteiger partial charge in [0.15, 0.2) is 0 Å². The van der Waals surface area contributed by atoms with Crippen LogP contribution in [0.15, 0.2) is 72.8 Å². The lowest BCUT2D eigenvalue weighted by Gasteiger charge is -2.22. The predicted molar refractivity (Wildman–Crippen MR) is 88.5 cm³/mol. The molecule has 2 aliphatic rings. The quantitative estimate of drug-likeness (QED) is 0.655. The Morgan fingerprint density at radius 3 is 2.04 bits per heavy atom. The number of benzene rings is 3. The molecule has 1 nitrogen and oxygen atoms in total. The summed E-state index contributed by atoms with van der Waals surface area (Å²) in [5.41, 5.74) is 6.37. The molecule has 2 heterocycles. The predicted octanol–water partition coefficient (Wildman–Crippen LogP) is 4.83. The van der Waals surface area contributed by atoms with Crippen LogP contribution in [-0.2, 0) is 6.54 Å². The average Bonchev–Trinajstić information content (AvgIpc) is 3.06. The van der Waals surface area contributed by atoms with Crippen molar-refractivity contribution in [2.24, 2.45) is 0 Å². The molecule has 0 spiro atoms. The van der Waals surface area contributed by atoms with Crippen LogP contribution >= 0.6 is 0 Å². The fourth-order valence-electron chi connectivity index (χ4n) is 4.22. The summed E-state index contributed by atoms with van der Waals surface area (Å²) in [5, 5.41) is 0. The smallest absolute Gasteiger partial charge is 0.123 e. The number of nitrogens with zero attached hydrogens (tertiary/aromatic N) is 1. The first kappa shape index (κ1) is 13.0. The maximum atomic E-state index is 13.8. The molecule has 2 heteroatoms. The Morgan fingerprint density at radius 1 is 0.696 bits per heavy atom. The fraction of sp³-hybridized carbons (Fsp3) is 0.143. The molecule has 112 valence electrons. The summed E-state index contributed by atoms with van der Waals surface area (Å²) in [6.07, 6.45) is 0. The molecule has 0 aromatic heterocycles. The van der Waals surface area contributed by atoms with E-state index in [4.69, 9.17) is 0 Å². The maximum Gasteiger partial charge on any atom is 0.123 e. The molecular formula is C21H16FN. The zero-order valence-corrected chi connectivity index (χ0v) is 12.6. The zero-order valence-electron chi connectivity index (χ0n) is 12.6. The summed E-state index contributed by atoms with van der Waals surface area (Å²) in [4.78, 5) is 2.49. The Hall–Kier alpha value is -2.45. The molecule has 0 saturated carbocycles. The largest absolute Gasteiger partial charge is 0.277 e. The minimum Gasteiger partial charge on any atom is -0.277 e. The van der Waals surface area contributed by atoms with Gasteiger partial charge in [-0.05, 0) is 39.9 Å². The van der Waals surface area contributed by atoms with Crippen molar-refractivity contribution in [3.05, 3.63) is 106 Å². The van der Waals surface area contributed by atoms with Crippen molar-refractivity contribution < 1.29 is 4.39 Å². The highest BCUT2D eigenvalue weighted by atomic mass is 19.1. The fourth-order valence-corrected chi connectivity index (χ4v) is 4.22. The van der Waals surface area contributed by atoms with Crippen LogP contribution < -0.4 is 0 Å². The molecule has 0 amide bonds. The van der Waals surface area contributed by atoms with Crippen molar-refractivity contribution in [2.75, 3.05) is 0 Å². The highest BCUT2D eigenvalue weighted by Crippen LogP contribution is 2.56. The van der Waals surface area contributed by atoms with Gasteiger partial charge in [0.1, 0.15) is 5.82 Å². The Balaban J connectivity index is 1.65. The Labute approximate surface area is 135 Å². The van der Waals surface area contributed by atoms with E-state index in [-0.39, 0.29) is 17.9 Å². The van der Waals surface area contributed by atoms with E-state index in [1.54, 1.807) is 12.1 Å². The first-order valence-electron chi connectivity index (χ1n) is 8.01. The van der Waals surface area contributed by atoms with Gasteiger partial charge in [0, 0.05) is 6.54 Å². The second-order valence-corrected chi connectivity index (χ2v) is 6.37. The summed E-state index contributed by atoms with van der Waals surface area (Å²) in [6, 6.07) is 24.8. The third kappa shape index (κ3) is 1.82. The van der Waals surface area contributed by atoms with Crippen LogP contribution in [-0.4, -0.2) is 4.90 Å². The van der Waals surface area contributed by atoms with E-state index in [0.29, 0.717) is 0 Å². The highest BCUT2D eigenvalue weighted by molar-refractivity contribution is 5.57. The summed E-state index contributed by atoms with van der Waals surface area (Å²) in [7, 11) is 0. The van der Waals surface area contributed by atoms with Crippen LogP contribution in [0.5, 0.6) is 0 Å². The van der Waals surface area contributed by atoms with Crippen molar-refractivity contribution in [2.45, 2.75) is 18.6 Å². The van der Waals surface area contributed by atoms with Gasteiger partial charge in [-0.1, -0.05) is 60.7 Å². The van der Waals surface area contributed by atoms with E-state index in [1.807, 2.05) is 12.1 Å². The Kier molecular flexibility index (Phi) is 2.70. The van der Waals surface area contributed by atoms with Crippen molar-refractivity contribution in [1.82, 2.24) is 4.90 Å². The van der Waals surface area contributed by atoms with E-state index >= 15 is 0 Å². The van der Waals surface area contributed by atoms with Crippen molar-refractivity contribution in [1.29, 1.82) is 0 Å². The molecule has 0 N–H and O–H groups in total. The SMILES string of the molecule is Fc1ccc2c(c1)C1c3ccccc3C2N1Cc1ccccc1. The summed E-state index contributed by atoms with van der Waals surface area (Å²) < 4.78 is 13.8. The first-order chi connectivity index (χ1) is 11.3. The number of halogens is 1. The van der Waals surface area contributed by atoms with Crippen LogP contribution in [0.4, 0.5) is 4.39 Å². The van der Waals surface area contributed by atoms with Gasteiger partial charge >= 0.3 is 0 Å². The molecule has 3 aromatic carbocycles. The van der Waals surface area contributed by atoms with Gasteiger partial charge < -0.3 is 0 Å². The standard InChI is InChI=1S/C21H16FN/c22-15-10-11-18-19(12-15)21-17-9-5-4-8-16(17)20(18)23(21)13-14-6-2-1-3-7-14/h1-12,20-21H,13H2. The molecule has 0 radical (unpaired) electrons. The Morgan fingerprint density at radius 2 is 1.30 bits per heavy atom. The number of rotatable bonds is 2. The Bertz CT molecular complexity index is 887. The van der Waals surface area contributed by atoms with Crippen LogP contribution in [0.25, 0.3) is 0 Å². The van der Waals surface area contributed by atoms with Gasteiger partial charge in [0.25, 0.3) is 0 Å². The monoisotopic (exact) mass is 301 g/mol.